The Kier molecular flexibility index (Phi) is 5.27. The number of H-pyrrole nitrogens is 1. The van der Waals surface area contributed by atoms with E-state index in [0.717, 1.165) is 35.1 Å². The van der Waals surface area contributed by atoms with E-state index < -0.39 is 0 Å². The van der Waals surface area contributed by atoms with Crippen LogP contribution in [0.2, 0.25) is 0 Å². The molecular weight excluding hydrogens is 366 g/mol. The predicted octanol–water partition coefficient (Wildman–Crippen LogP) is 4.77. The summed E-state index contributed by atoms with van der Waals surface area (Å²) < 4.78 is 0. The molecule has 0 radical (unpaired) electrons. The van der Waals surface area contributed by atoms with Crippen LogP contribution in [0.4, 0.5) is 5.69 Å². The minimum absolute atomic E-state index is 0.140. The number of nitrogens with one attached hydrogen (secondary N) is 1. The number of carbonyl (C=O) groups excluding carboxylic acids is 1. The minimum Gasteiger partial charge on any atom is -0.337 e. The number of thioether (sulfide) groups is 1. The van der Waals surface area contributed by atoms with Crippen molar-refractivity contribution < 1.29 is 4.79 Å². The second-order valence-electron chi connectivity index (χ2n) is 7.43. The Hall–Kier alpha value is -2.53. The molecule has 3 aromatic rings. The molecule has 0 saturated heterocycles. The van der Waals surface area contributed by atoms with E-state index in [0.29, 0.717) is 0 Å². The fourth-order valence-electron chi connectivity index (χ4n) is 3.80. The molecule has 2 unspecified atom stereocenters. The summed E-state index contributed by atoms with van der Waals surface area (Å²) in [4.78, 5) is 23.2. The van der Waals surface area contributed by atoms with Crippen molar-refractivity contribution >= 4 is 23.4 Å². The van der Waals surface area contributed by atoms with Crippen LogP contribution in [-0.2, 0) is 17.6 Å². The molecule has 144 valence electrons. The first-order valence-electron chi connectivity index (χ1n) is 9.70. The van der Waals surface area contributed by atoms with Crippen LogP contribution in [0, 0.1) is 6.92 Å². The van der Waals surface area contributed by atoms with Gasteiger partial charge in [0.2, 0.25) is 5.91 Å². The quantitative estimate of drug-likeness (QED) is 0.638. The lowest BCUT2D eigenvalue weighted by Crippen LogP contribution is -2.40. The first kappa shape index (κ1) is 18.8. The molecule has 2 heterocycles. The minimum atomic E-state index is -0.205. The third kappa shape index (κ3) is 3.72. The van der Waals surface area contributed by atoms with Crippen LogP contribution in [0.1, 0.15) is 36.4 Å². The molecule has 28 heavy (non-hydrogen) atoms. The van der Waals surface area contributed by atoms with Gasteiger partial charge < -0.3 is 9.88 Å². The van der Waals surface area contributed by atoms with Gasteiger partial charge in [-0.25, -0.2) is 4.98 Å². The number of carbonyl (C=O) groups is 1. The van der Waals surface area contributed by atoms with Crippen molar-refractivity contribution in [2.45, 2.75) is 50.1 Å². The number of benzene rings is 2. The van der Waals surface area contributed by atoms with Crippen molar-refractivity contribution in [2.75, 3.05) is 4.90 Å². The molecule has 5 heteroatoms. The van der Waals surface area contributed by atoms with E-state index in [9.17, 15) is 4.79 Å². The topological polar surface area (TPSA) is 49.0 Å². The van der Waals surface area contributed by atoms with E-state index in [1.165, 1.54) is 22.9 Å². The van der Waals surface area contributed by atoms with Crippen molar-refractivity contribution in [3.8, 4) is 0 Å². The van der Waals surface area contributed by atoms with Gasteiger partial charge in [0, 0.05) is 23.8 Å². The molecular formula is C23H25N3OS. The lowest BCUT2D eigenvalue weighted by molar-refractivity contribution is -0.118. The molecule has 0 aliphatic carbocycles. The van der Waals surface area contributed by atoms with Gasteiger partial charge in [-0.15, -0.1) is 0 Å². The Morgan fingerprint density at radius 3 is 2.71 bits per heavy atom. The average Bonchev–Trinajstić information content (AvgIpc) is 3.20. The smallest absolute Gasteiger partial charge is 0.240 e. The first-order valence-corrected chi connectivity index (χ1v) is 10.6. The second kappa shape index (κ2) is 7.84. The summed E-state index contributed by atoms with van der Waals surface area (Å²) in [5.41, 5.74) is 5.63. The van der Waals surface area contributed by atoms with E-state index in [2.05, 4.69) is 30.1 Å². The van der Waals surface area contributed by atoms with Gasteiger partial charge in [-0.1, -0.05) is 60.3 Å². The lowest BCUT2D eigenvalue weighted by atomic mass is 10.1. The zero-order valence-corrected chi connectivity index (χ0v) is 17.3. The standard InChI is InChI=1S/C23H25N3OS/c1-15-13-19-11-7-8-12-21(19)26(15)22(27)17(3)28-23-24-16(2)20(25-23)14-18-9-5-4-6-10-18/h4-12,15,17H,13-14H2,1-3H3,(H,24,25). The van der Waals surface area contributed by atoms with E-state index in [1.54, 1.807) is 0 Å². The monoisotopic (exact) mass is 391 g/mol. The maximum Gasteiger partial charge on any atom is 0.240 e. The number of aryl methyl sites for hydroxylation is 1. The zero-order chi connectivity index (χ0) is 19.7. The molecule has 1 N–H and O–H groups in total. The Morgan fingerprint density at radius 1 is 1.21 bits per heavy atom. The molecule has 2 atom stereocenters. The van der Waals surface area contributed by atoms with Gasteiger partial charge in [-0.3, -0.25) is 4.79 Å². The summed E-state index contributed by atoms with van der Waals surface area (Å²) in [5.74, 6) is 0.140. The molecule has 1 aliphatic heterocycles. The number of aromatic nitrogens is 2. The maximum absolute atomic E-state index is 13.2. The number of hydrogen-bond donors (Lipinski definition) is 1. The number of amides is 1. The van der Waals surface area contributed by atoms with Crippen molar-refractivity contribution in [3.05, 3.63) is 77.1 Å². The fraction of sp³-hybridized carbons (Fsp3) is 0.304. The normalized spacial score (nSPS) is 16.8. The first-order chi connectivity index (χ1) is 13.5. The molecule has 1 aromatic heterocycles. The number of aromatic amines is 1. The zero-order valence-electron chi connectivity index (χ0n) is 16.5. The highest BCUT2D eigenvalue weighted by Crippen LogP contribution is 2.34. The van der Waals surface area contributed by atoms with Crippen LogP contribution in [0.25, 0.3) is 0 Å². The highest BCUT2D eigenvalue weighted by molar-refractivity contribution is 8.00. The highest BCUT2D eigenvalue weighted by atomic mass is 32.2. The van der Waals surface area contributed by atoms with Gasteiger partial charge in [0.1, 0.15) is 0 Å². The van der Waals surface area contributed by atoms with Gasteiger partial charge in [0.15, 0.2) is 5.16 Å². The summed E-state index contributed by atoms with van der Waals surface area (Å²) >= 11 is 1.50. The number of nitrogens with zero attached hydrogens (tertiary/aromatic N) is 2. The summed E-state index contributed by atoms with van der Waals surface area (Å²) in [7, 11) is 0. The molecule has 1 amide bonds. The van der Waals surface area contributed by atoms with Crippen LogP contribution in [0.5, 0.6) is 0 Å². The largest absolute Gasteiger partial charge is 0.337 e. The molecule has 1 aliphatic rings. The van der Waals surface area contributed by atoms with Gasteiger partial charge >= 0.3 is 0 Å². The van der Waals surface area contributed by atoms with E-state index in [1.807, 2.05) is 55.1 Å². The average molecular weight is 392 g/mol. The summed E-state index contributed by atoms with van der Waals surface area (Å²) in [6, 6.07) is 18.7. The summed E-state index contributed by atoms with van der Waals surface area (Å²) in [6.45, 7) is 6.13. The molecule has 0 spiro atoms. The molecule has 2 aromatic carbocycles. The van der Waals surface area contributed by atoms with Crippen LogP contribution >= 0.6 is 11.8 Å². The van der Waals surface area contributed by atoms with Crippen LogP contribution in [0.3, 0.4) is 0 Å². The Balaban J connectivity index is 1.47. The van der Waals surface area contributed by atoms with Crippen molar-refractivity contribution in [3.63, 3.8) is 0 Å². The number of hydrogen-bond acceptors (Lipinski definition) is 3. The Bertz CT molecular complexity index is 983. The van der Waals surface area contributed by atoms with Crippen LogP contribution in [0.15, 0.2) is 59.8 Å². The highest BCUT2D eigenvalue weighted by Gasteiger charge is 2.33. The summed E-state index contributed by atoms with van der Waals surface area (Å²) in [5, 5.41) is 0.605. The lowest BCUT2D eigenvalue weighted by Gasteiger charge is -2.25. The predicted molar refractivity (Wildman–Crippen MR) is 115 cm³/mol. The van der Waals surface area contributed by atoms with Crippen molar-refractivity contribution in [1.82, 2.24) is 9.97 Å². The number of anilines is 1. The SMILES string of the molecule is Cc1[nH]c(SC(C)C(=O)N2c3ccccc3CC2C)nc1Cc1ccccc1. The molecule has 0 saturated carbocycles. The van der Waals surface area contributed by atoms with Crippen LogP contribution in [-0.4, -0.2) is 27.2 Å². The number of imidazole rings is 1. The molecule has 4 rings (SSSR count). The van der Waals surface area contributed by atoms with Crippen molar-refractivity contribution in [2.24, 2.45) is 0 Å². The van der Waals surface area contributed by atoms with E-state index in [-0.39, 0.29) is 17.2 Å². The fourth-order valence-corrected chi connectivity index (χ4v) is 4.72. The number of para-hydroxylation sites is 1. The third-order valence-corrected chi connectivity index (χ3v) is 6.23. The van der Waals surface area contributed by atoms with Gasteiger partial charge in [0.05, 0.1) is 10.9 Å². The van der Waals surface area contributed by atoms with Crippen LogP contribution < -0.4 is 4.90 Å². The third-order valence-electron chi connectivity index (χ3n) is 5.26. The molecule has 0 fully saturated rings. The maximum atomic E-state index is 13.2. The Morgan fingerprint density at radius 2 is 1.93 bits per heavy atom. The molecule has 4 nitrogen and oxygen atoms in total. The van der Waals surface area contributed by atoms with E-state index in [4.69, 9.17) is 4.98 Å². The Labute approximate surface area is 170 Å². The molecule has 0 bridgehead atoms. The van der Waals surface area contributed by atoms with Gasteiger partial charge in [-0.2, -0.15) is 0 Å². The second-order valence-corrected chi connectivity index (χ2v) is 8.76. The van der Waals surface area contributed by atoms with Gasteiger partial charge in [0.25, 0.3) is 0 Å². The van der Waals surface area contributed by atoms with E-state index >= 15 is 0 Å². The van der Waals surface area contributed by atoms with Crippen molar-refractivity contribution in [1.29, 1.82) is 0 Å². The number of fused-ring (bicyclic) bond motifs is 1. The number of rotatable bonds is 5. The summed E-state index contributed by atoms with van der Waals surface area (Å²) in [6.07, 6.45) is 1.71. The van der Waals surface area contributed by atoms with Gasteiger partial charge in [-0.05, 0) is 44.4 Å².